The van der Waals surface area contributed by atoms with E-state index in [0.29, 0.717) is 11.7 Å². The number of nitrogen functional groups attached to an aromatic ring is 1. The highest BCUT2D eigenvalue weighted by atomic mass is 16.3. The molecule has 0 saturated heterocycles. The van der Waals surface area contributed by atoms with E-state index in [1.165, 1.54) is 0 Å². The van der Waals surface area contributed by atoms with Gasteiger partial charge in [-0.2, -0.15) is 0 Å². The molecule has 1 atom stereocenters. The number of aliphatic hydroxyl groups excluding tert-OH is 1. The fourth-order valence-electron chi connectivity index (χ4n) is 1.33. The molecule has 1 heterocycles. The first-order valence-electron chi connectivity index (χ1n) is 5.29. The number of aromatic nitrogens is 1. The van der Waals surface area contributed by atoms with Crippen LogP contribution in [0.3, 0.4) is 0 Å². The molecular formula is C11H19N3O. The van der Waals surface area contributed by atoms with Gasteiger partial charge in [-0.3, -0.25) is 0 Å². The Morgan fingerprint density at radius 3 is 3.07 bits per heavy atom. The zero-order valence-electron chi connectivity index (χ0n) is 9.11. The minimum atomic E-state index is 0.259. The van der Waals surface area contributed by atoms with Gasteiger partial charge in [0.1, 0.15) is 5.82 Å². The molecule has 4 heteroatoms. The number of nitrogens with two attached hydrogens (primary N) is 1. The maximum absolute atomic E-state index is 8.84. The largest absolute Gasteiger partial charge is 0.396 e. The van der Waals surface area contributed by atoms with Crippen molar-refractivity contribution in [2.75, 3.05) is 24.2 Å². The fraction of sp³-hybridized carbons (Fsp3) is 0.545. The van der Waals surface area contributed by atoms with Gasteiger partial charge in [0.05, 0.1) is 5.69 Å². The van der Waals surface area contributed by atoms with Gasteiger partial charge in [-0.15, -0.1) is 0 Å². The first-order chi connectivity index (χ1) is 7.24. The van der Waals surface area contributed by atoms with E-state index in [-0.39, 0.29) is 6.61 Å². The monoisotopic (exact) mass is 209 g/mol. The molecule has 0 aliphatic carbocycles. The Bertz CT molecular complexity index is 291. The van der Waals surface area contributed by atoms with Crippen LogP contribution in [0.15, 0.2) is 18.3 Å². The number of aliphatic hydroxyl groups is 1. The number of anilines is 2. The van der Waals surface area contributed by atoms with Gasteiger partial charge in [-0.05, 0) is 30.9 Å². The molecule has 1 aromatic rings. The molecule has 0 amide bonds. The molecule has 1 rings (SSSR count). The van der Waals surface area contributed by atoms with Crippen LogP contribution in [0, 0.1) is 5.92 Å². The standard InChI is InChI=1S/C11H19N3O/c1-9(8-15)4-2-6-13-10-5-3-7-14-11(10)12/h3,5,7,9,13,15H,2,4,6,8H2,1H3,(H2,12,14). The van der Waals surface area contributed by atoms with Gasteiger partial charge >= 0.3 is 0 Å². The van der Waals surface area contributed by atoms with Crippen molar-refractivity contribution < 1.29 is 5.11 Å². The Hall–Kier alpha value is -1.29. The van der Waals surface area contributed by atoms with Crippen LogP contribution in [-0.2, 0) is 0 Å². The summed E-state index contributed by atoms with van der Waals surface area (Å²) in [7, 11) is 0. The van der Waals surface area contributed by atoms with E-state index < -0.39 is 0 Å². The topological polar surface area (TPSA) is 71.2 Å². The van der Waals surface area contributed by atoms with Crippen molar-refractivity contribution in [1.29, 1.82) is 0 Å². The first-order valence-corrected chi connectivity index (χ1v) is 5.29. The van der Waals surface area contributed by atoms with Gasteiger partial charge in [0, 0.05) is 19.3 Å². The zero-order valence-corrected chi connectivity index (χ0v) is 9.11. The van der Waals surface area contributed by atoms with Crippen molar-refractivity contribution in [2.24, 2.45) is 5.92 Å². The summed E-state index contributed by atoms with van der Waals surface area (Å²) in [5.41, 5.74) is 6.56. The van der Waals surface area contributed by atoms with Crippen LogP contribution in [0.2, 0.25) is 0 Å². The molecule has 4 N–H and O–H groups in total. The predicted molar refractivity (Wildman–Crippen MR) is 62.6 cm³/mol. The zero-order chi connectivity index (χ0) is 11.1. The van der Waals surface area contributed by atoms with Crippen LogP contribution in [0.1, 0.15) is 19.8 Å². The highest BCUT2D eigenvalue weighted by Crippen LogP contribution is 2.13. The molecule has 0 spiro atoms. The number of hydrogen-bond acceptors (Lipinski definition) is 4. The molecule has 0 bridgehead atoms. The highest BCUT2D eigenvalue weighted by Gasteiger charge is 2.00. The Morgan fingerprint density at radius 1 is 1.60 bits per heavy atom. The Morgan fingerprint density at radius 2 is 2.40 bits per heavy atom. The molecule has 1 unspecified atom stereocenters. The Kier molecular flexibility index (Phi) is 4.90. The molecule has 0 aliphatic rings. The molecule has 0 aromatic carbocycles. The highest BCUT2D eigenvalue weighted by molar-refractivity contribution is 5.60. The maximum Gasteiger partial charge on any atom is 0.146 e. The smallest absolute Gasteiger partial charge is 0.146 e. The van der Waals surface area contributed by atoms with Crippen LogP contribution >= 0.6 is 0 Å². The Balaban J connectivity index is 2.23. The summed E-state index contributed by atoms with van der Waals surface area (Å²) in [5, 5.41) is 12.1. The normalized spacial score (nSPS) is 12.4. The predicted octanol–water partition coefficient (Wildman–Crippen LogP) is 1.48. The van der Waals surface area contributed by atoms with Crippen molar-refractivity contribution in [1.82, 2.24) is 4.98 Å². The number of hydrogen-bond donors (Lipinski definition) is 3. The lowest BCUT2D eigenvalue weighted by molar-refractivity contribution is 0.229. The third-order valence-corrected chi connectivity index (χ3v) is 2.34. The second kappa shape index (κ2) is 6.24. The molecule has 0 radical (unpaired) electrons. The minimum Gasteiger partial charge on any atom is -0.396 e. The lowest BCUT2D eigenvalue weighted by atomic mass is 10.1. The van der Waals surface area contributed by atoms with Crippen molar-refractivity contribution >= 4 is 11.5 Å². The summed E-state index contributed by atoms with van der Waals surface area (Å²) in [6, 6.07) is 3.77. The van der Waals surface area contributed by atoms with E-state index in [1.54, 1.807) is 6.20 Å². The SMILES string of the molecule is CC(CO)CCCNc1cccnc1N. The van der Waals surface area contributed by atoms with Gasteiger partial charge < -0.3 is 16.2 Å². The fourth-order valence-corrected chi connectivity index (χ4v) is 1.33. The molecule has 1 aromatic heterocycles. The summed E-state index contributed by atoms with van der Waals surface area (Å²) in [5.74, 6) is 0.908. The van der Waals surface area contributed by atoms with Gasteiger partial charge in [-0.25, -0.2) is 4.98 Å². The molecule has 0 saturated carbocycles. The summed E-state index contributed by atoms with van der Waals surface area (Å²) in [6.07, 6.45) is 3.72. The van der Waals surface area contributed by atoms with Gasteiger partial charge in [-0.1, -0.05) is 6.92 Å². The lowest BCUT2D eigenvalue weighted by Gasteiger charge is -2.10. The molecule has 4 nitrogen and oxygen atoms in total. The summed E-state index contributed by atoms with van der Waals surface area (Å²) < 4.78 is 0. The van der Waals surface area contributed by atoms with Gasteiger partial charge in [0.2, 0.25) is 0 Å². The van der Waals surface area contributed by atoms with E-state index in [0.717, 1.165) is 25.1 Å². The maximum atomic E-state index is 8.84. The second-order valence-electron chi connectivity index (χ2n) is 3.79. The van der Waals surface area contributed by atoms with Crippen LogP contribution < -0.4 is 11.1 Å². The summed E-state index contributed by atoms with van der Waals surface area (Å²) in [6.45, 7) is 3.16. The second-order valence-corrected chi connectivity index (χ2v) is 3.79. The average molecular weight is 209 g/mol. The van der Waals surface area contributed by atoms with Crippen LogP contribution in [0.5, 0.6) is 0 Å². The van der Waals surface area contributed by atoms with E-state index in [4.69, 9.17) is 10.8 Å². The van der Waals surface area contributed by atoms with E-state index in [9.17, 15) is 0 Å². The van der Waals surface area contributed by atoms with E-state index in [1.807, 2.05) is 19.1 Å². The number of nitrogens with zero attached hydrogens (tertiary/aromatic N) is 1. The third kappa shape index (κ3) is 4.16. The molecule has 0 fully saturated rings. The number of rotatable bonds is 6. The van der Waals surface area contributed by atoms with Crippen molar-refractivity contribution in [3.63, 3.8) is 0 Å². The molecular weight excluding hydrogens is 190 g/mol. The first kappa shape index (κ1) is 11.8. The van der Waals surface area contributed by atoms with Crippen molar-refractivity contribution in [3.05, 3.63) is 18.3 Å². The quantitative estimate of drug-likeness (QED) is 0.621. The molecule has 15 heavy (non-hydrogen) atoms. The Labute approximate surface area is 90.5 Å². The van der Waals surface area contributed by atoms with Gasteiger partial charge in [0.25, 0.3) is 0 Å². The molecule has 84 valence electrons. The summed E-state index contributed by atoms with van der Waals surface area (Å²) >= 11 is 0. The van der Waals surface area contributed by atoms with Crippen LogP contribution in [-0.4, -0.2) is 23.2 Å². The van der Waals surface area contributed by atoms with Gasteiger partial charge in [0.15, 0.2) is 0 Å². The van der Waals surface area contributed by atoms with E-state index in [2.05, 4.69) is 10.3 Å². The minimum absolute atomic E-state index is 0.259. The number of pyridine rings is 1. The van der Waals surface area contributed by atoms with Crippen molar-refractivity contribution in [3.8, 4) is 0 Å². The average Bonchev–Trinajstić information content (AvgIpc) is 2.26. The molecule has 0 aliphatic heterocycles. The van der Waals surface area contributed by atoms with Crippen LogP contribution in [0.4, 0.5) is 11.5 Å². The summed E-state index contributed by atoms with van der Waals surface area (Å²) in [4.78, 5) is 3.98. The number of nitrogens with one attached hydrogen (secondary N) is 1. The third-order valence-electron chi connectivity index (χ3n) is 2.34. The lowest BCUT2D eigenvalue weighted by Crippen LogP contribution is -2.08. The van der Waals surface area contributed by atoms with E-state index >= 15 is 0 Å². The van der Waals surface area contributed by atoms with Crippen LogP contribution in [0.25, 0.3) is 0 Å². The van der Waals surface area contributed by atoms with Crippen molar-refractivity contribution in [2.45, 2.75) is 19.8 Å².